The summed E-state index contributed by atoms with van der Waals surface area (Å²) in [6.07, 6.45) is 0. The molecule has 0 aliphatic heterocycles. The van der Waals surface area contributed by atoms with Crippen LogP contribution in [0.1, 0.15) is 0 Å². The van der Waals surface area contributed by atoms with Gasteiger partial charge in [-0.25, -0.2) is 0 Å². The van der Waals surface area contributed by atoms with Crippen molar-refractivity contribution in [2.75, 3.05) is 21.3 Å². The molecule has 0 aromatic rings. The Morgan fingerprint density at radius 2 is 0.447 bits per heavy atom. The van der Waals surface area contributed by atoms with Gasteiger partial charge in [0.25, 0.3) is 0 Å². The van der Waals surface area contributed by atoms with Gasteiger partial charge >= 0.3 is 86.1 Å². The summed E-state index contributed by atoms with van der Waals surface area (Å²) < 4.78 is 82.2. The third kappa shape index (κ3) is 20.6. The average Bonchev–Trinajstić information content (AvgIpc) is 2.68. The predicted octanol–water partition coefficient (Wildman–Crippen LogP) is 6.83. The van der Waals surface area contributed by atoms with Gasteiger partial charge < -0.3 is 54.4 Å². The highest BCUT2D eigenvalue weighted by Crippen LogP contribution is 2.30. The SMILES string of the molecule is CO[Si](OC)(OC)O[Si](C)(C)O[Si](C)(C)O[Si](C)(C)O[Si](C)(C)O[Si](C)(C)O[Si](C)(C)O[Si](C)(C)O[Si](C)(C)O[Si](C)(C)O[SiH](C)C. The van der Waals surface area contributed by atoms with Crippen LogP contribution in [0, 0.1) is 0 Å². The molecule has 0 bridgehead atoms. The molecule has 0 aliphatic carbocycles. The monoisotopic (exact) mass is 862 g/mol. The molecule has 0 radical (unpaired) electrons. The Kier molecular flexibility index (Phi) is 18.0. The number of hydrogen-bond donors (Lipinski definition) is 0. The summed E-state index contributed by atoms with van der Waals surface area (Å²) >= 11 is 0. The lowest BCUT2D eigenvalue weighted by molar-refractivity contribution is 0.0404. The van der Waals surface area contributed by atoms with Gasteiger partial charge in [-0.05, 0) is 131 Å². The van der Waals surface area contributed by atoms with Gasteiger partial charge in [0.15, 0.2) is 9.04 Å². The molecule has 0 aliphatic rings. The summed E-state index contributed by atoms with van der Waals surface area (Å²) in [5, 5.41) is 0. The van der Waals surface area contributed by atoms with E-state index in [-0.39, 0.29) is 0 Å². The molecule has 0 aromatic carbocycles. The summed E-state index contributed by atoms with van der Waals surface area (Å²) in [4.78, 5) is 0. The Balaban J connectivity index is 5.55. The molecule has 0 saturated heterocycles. The first-order valence-electron chi connectivity index (χ1n) is 16.1. The maximum absolute atomic E-state index is 6.75. The fourth-order valence-electron chi connectivity index (χ4n) is 6.17. The van der Waals surface area contributed by atoms with Crippen molar-refractivity contribution < 1.29 is 54.4 Å². The minimum absolute atomic E-state index is 1.23. The highest BCUT2D eigenvalue weighted by Gasteiger charge is 2.53. The van der Waals surface area contributed by atoms with Crippen LogP contribution in [0.25, 0.3) is 0 Å². The molecular formula is C23H70O13Si11. The van der Waals surface area contributed by atoms with E-state index in [2.05, 4.69) is 65.5 Å². The normalized spacial score (nSPS) is 15.6. The lowest BCUT2D eigenvalue weighted by Gasteiger charge is -2.44. The van der Waals surface area contributed by atoms with Gasteiger partial charge in [0, 0.05) is 21.3 Å². The lowest BCUT2D eigenvalue weighted by Crippen LogP contribution is -2.63. The van der Waals surface area contributed by atoms with Crippen molar-refractivity contribution in [1.29, 1.82) is 0 Å². The smallest absolute Gasteiger partial charge is 0.440 e. The van der Waals surface area contributed by atoms with Crippen LogP contribution in [-0.4, -0.2) is 116 Å². The summed E-state index contributed by atoms with van der Waals surface area (Å²) in [6.45, 7) is 40.9. The maximum Gasteiger partial charge on any atom is 0.669 e. The Bertz CT molecular complexity index is 968. The van der Waals surface area contributed by atoms with Gasteiger partial charge in [0.05, 0.1) is 0 Å². The molecule has 0 N–H and O–H groups in total. The quantitative estimate of drug-likeness (QED) is 0.100. The first-order valence-corrected chi connectivity index (χ1v) is 45.9. The third-order valence-corrected chi connectivity index (χ3v) is 45.7. The zero-order chi connectivity index (χ0) is 37.8. The van der Waals surface area contributed by atoms with E-state index in [1.165, 1.54) is 21.3 Å². The summed E-state index contributed by atoms with van der Waals surface area (Å²) in [6, 6.07) is 0. The first-order chi connectivity index (χ1) is 20.5. The van der Waals surface area contributed by atoms with E-state index in [9.17, 15) is 0 Å². The van der Waals surface area contributed by atoms with Crippen molar-refractivity contribution in [3.05, 3.63) is 0 Å². The maximum atomic E-state index is 6.75. The Hall–Kier alpha value is 1.87. The van der Waals surface area contributed by atoms with E-state index in [4.69, 9.17) is 54.4 Å². The lowest BCUT2D eigenvalue weighted by atomic mass is 11.8. The topological polar surface area (TPSA) is 120 Å². The van der Waals surface area contributed by atoms with Gasteiger partial charge in [-0.3, -0.25) is 0 Å². The zero-order valence-electron chi connectivity index (χ0n) is 33.9. The van der Waals surface area contributed by atoms with Crippen LogP contribution in [-0.2, 0) is 54.4 Å². The molecule has 13 nitrogen and oxygen atoms in total. The van der Waals surface area contributed by atoms with E-state index in [0.29, 0.717) is 0 Å². The molecule has 0 spiro atoms. The van der Waals surface area contributed by atoms with E-state index in [1.807, 2.05) is 65.5 Å². The van der Waals surface area contributed by atoms with Crippen LogP contribution < -0.4 is 0 Å². The molecule has 0 fully saturated rings. The van der Waals surface area contributed by atoms with Crippen LogP contribution in [0.3, 0.4) is 0 Å². The Labute approximate surface area is 300 Å². The van der Waals surface area contributed by atoms with Crippen LogP contribution in [0.4, 0.5) is 0 Å². The second-order valence-electron chi connectivity index (χ2n) is 15.8. The number of rotatable bonds is 23. The van der Waals surface area contributed by atoms with Gasteiger partial charge in [-0.1, -0.05) is 0 Å². The fourth-order valence-corrected chi connectivity index (χ4v) is 57.5. The highest BCUT2D eigenvalue weighted by atomic mass is 28.5. The Morgan fingerprint density at radius 1 is 0.277 bits per heavy atom. The van der Waals surface area contributed by atoms with Crippen LogP contribution in [0.15, 0.2) is 0 Å². The van der Waals surface area contributed by atoms with E-state index < -0.39 is 95.1 Å². The van der Waals surface area contributed by atoms with Crippen molar-refractivity contribution in [2.24, 2.45) is 0 Å². The second-order valence-corrected chi connectivity index (χ2v) is 53.6. The molecule has 0 atom stereocenters. The number of hydrogen-bond acceptors (Lipinski definition) is 13. The van der Waals surface area contributed by atoms with E-state index in [1.54, 1.807) is 0 Å². The van der Waals surface area contributed by atoms with Gasteiger partial charge in [-0.2, -0.15) is 0 Å². The molecule has 0 amide bonds. The van der Waals surface area contributed by atoms with Gasteiger partial charge in [-0.15, -0.1) is 0 Å². The molecule has 0 rings (SSSR count). The minimum Gasteiger partial charge on any atom is -0.440 e. The Morgan fingerprint density at radius 3 is 0.617 bits per heavy atom. The largest absolute Gasteiger partial charge is 0.669 e. The molecule has 0 saturated carbocycles. The zero-order valence-corrected chi connectivity index (χ0v) is 45.0. The average molecular weight is 864 g/mol. The first kappa shape index (κ1) is 48.9. The standard InChI is InChI=1S/C23H70O13Si11/c1-24-47(25-2,26-3)36-46(22,23)35-45(20,21)34-44(18,19)33-43(16,17)32-42(14,15)31-41(12,13)30-40(10,11)29-39(8,9)28-38(6,7)27-37(4)5/h37H,1-23H3. The summed E-state index contributed by atoms with van der Waals surface area (Å²) in [7, 11) is -23.8. The molecule has 284 valence electrons. The predicted molar refractivity (Wildman–Crippen MR) is 214 cm³/mol. The van der Waals surface area contributed by atoms with Crippen molar-refractivity contribution >= 4 is 95.1 Å². The molecule has 0 unspecified atom stereocenters. The van der Waals surface area contributed by atoms with Crippen molar-refractivity contribution in [1.82, 2.24) is 0 Å². The molecule has 0 aromatic heterocycles. The summed E-state index contributed by atoms with van der Waals surface area (Å²) in [5.41, 5.74) is 0. The minimum atomic E-state index is -3.30. The molecule has 0 heterocycles. The molecular weight excluding hydrogens is 793 g/mol. The van der Waals surface area contributed by atoms with Crippen molar-refractivity contribution in [3.63, 3.8) is 0 Å². The summed E-state index contributed by atoms with van der Waals surface area (Å²) in [5.74, 6) is 0. The van der Waals surface area contributed by atoms with Crippen LogP contribution >= 0.6 is 0 Å². The molecule has 24 heteroatoms. The van der Waals surface area contributed by atoms with Crippen molar-refractivity contribution in [3.8, 4) is 0 Å². The fraction of sp³-hybridized carbons (Fsp3) is 1.00. The van der Waals surface area contributed by atoms with Crippen LogP contribution in [0.5, 0.6) is 0 Å². The molecule has 47 heavy (non-hydrogen) atoms. The second kappa shape index (κ2) is 17.3. The van der Waals surface area contributed by atoms with Gasteiger partial charge in [0.2, 0.25) is 0 Å². The van der Waals surface area contributed by atoms with Crippen LogP contribution in [0.2, 0.25) is 131 Å². The van der Waals surface area contributed by atoms with Gasteiger partial charge in [0.1, 0.15) is 0 Å². The third-order valence-electron chi connectivity index (χ3n) is 5.57. The van der Waals surface area contributed by atoms with E-state index in [0.717, 1.165) is 0 Å². The van der Waals surface area contributed by atoms with E-state index >= 15 is 0 Å². The van der Waals surface area contributed by atoms with Crippen molar-refractivity contribution in [2.45, 2.75) is 131 Å². The highest BCUT2D eigenvalue weighted by molar-refractivity contribution is 6.93.